The zero-order valence-electron chi connectivity index (χ0n) is 9.16. The number of benzene rings is 1. The van der Waals surface area contributed by atoms with Crippen LogP contribution >= 0.6 is 15.9 Å². The van der Waals surface area contributed by atoms with Gasteiger partial charge in [0, 0.05) is 10.0 Å². The summed E-state index contributed by atoms with van der Waals surface area (Å²) in [5, 5.41) is 8.05. The Morgan fingerprint density at radius 2 is 1.81 bits per heavy atom. The molecule has 0 aliphatic heterocycles. The number of nitrogen functional groups attached to an aromatic ring is 1. The van der Waals surface area contributed by atoms with Gasteiger partial charge in [0.25, 0.3) is 0 Å². The normalized spacial score (nSPS) is 10.4. The topological polar surface area (TPSA) is 51.8 Å². The minimum Gasteiger partial charge on any atom is -0.382 e. The lowest BCUT2D eigenvalue weighted by atomic mass is 10.0. The van der Waals surface area contributed by atoms with Crippen molar-refractivity contribution in [3.63, 3.8) is 0 Å². The number of hydrogen-bond acceptors (Lipinski definition) is 3. The summed E-state index contributed by atoms with van der Waals surface area (Å²) in [6, 6.07) is 8.05. The van der Waals surface area contributed by atoms with Crippen molar-refractivity contribution in [2.75, 3.05) is 5.73 Å². The van der Waals surface area contributed by atoms with Gasteiger partial charge < -0.3 is 5.73 Å². The van der Waals surface area contributed by atoms with Gasteiger partial charge in [-0.15, -0.1) is 10.2 Å². The van der Waals surface area contributed by atoms with Gasteiger partial charge in [-0.1, -0.05) is 22.0 Å². The molecule has 3 nitrogen and oxygen atoms in total. The van der Waals surface area contributed by atoms with Gasteiger partial charge in [0.05, 0.1) is 5.69 Å². The van der Waals surface area contributed by atoms with Crippen LogP contribution in [0.25, 0.3) is 11.3 Å². The number of hydrogen-bond donors (Lipinski definition) is 1. The first-order chi connectivity index (χ1) is 7.58. The van der Waals surface area contributed by atoms with Crippen LogP contribution in [0, 0.1) is 13.8 Å². The Kier molecular flexibility index (Phi) is 2.92. The molecule has 0 aliphatic carbocycles. The molecule has 2 rings (SSSR count). The van der Waals surface area contributed by atoms with Crippen LogP contribution in [-0.2, 0) is 0 Å². The maximum absolute atomic E-state index is 5.65. The molecule has 0 amide bonds. The monoisotopic (exact) mass is 277 g/mol. The summed E-state index contributed by atoms with van der Waals surface area (Å²) in [7, 11) is 0. The molecule has 2 N–H and O–H groups in total. The Balaban J connectivity index is 2.58. The molecule has 1 aromatic heterocycles. The van der Waals surface area contributed by atoms with E-state index >= 15 is 0 Å². The zero-order valence-corrected chi connectivity index (χ0v) is 10.7. The molecule has 2 aromatic rings. The zero-order chi connectivity index (χ0) is 11.7. The van der Waals surface area contributed by atoms with Crippen LogP contribution in [0.5, 0.6) is 0 Å². The summed E-state index contributed by atoms with van der Waals surface area (Å²) in [5.41, 5.74) is 9.69. The van der Waals surface area contributed by atoms with E-state index in [-0.39, 0.29) is 0 Å². The maximum Gasteiger partial charge on any atom is 0.149 e. The van der Waals surface area contributed by atoms with Crippen molar-refractivity contribution in [2.24, 2.45) is 0 Å². The minimum absolute atomic E-state index is 0.483. The summed E-state index contributed by atoms with van der Waals surface area (Å²) in [6.07, 6.45) is 0. The van der Waals surface area contributed by atoms with E-state index in [1.165, 1.54) is 5.56 Å². The van der Waals surface area contributed by atoms with E-state index < -0.39 is 0 Å². The molecule has 82 valence electrons. The van der Waals surface area contributed by atoms with Crippen molar-refractivity contribution in [3.05, 3.63) is 39.9 Å². The van der Waals surface area contributed by atoms with E-state index in [4.69, 9.17) is 5.73 Å². The van der Waals surface area contributed by atoms with Gasteiger partial charge in [0.15, 0.2) is 0 Å². The van der Waals surface area contributed by atoms with Gasteiger partial charge in [-0.2, -0.15) is 0 Å². The van der Waals surface area contributed by atoms with Crippen molar-refractivity contribution >= 4 is 21.7 Å². The highest BCUT2D eigenvalue weighted by molar-refractivity contribution is 9.10. The van der Waals surface area contributed by atoms with E-state index in [1.807, 2.05) is 31.2 Å². The molecule has 0 atom stereocenters. The van der Waals surface area contributed by atoms with Gasteiger partial charge in [-0.25, -0.2) is 0 Å². The molecule has 0 aliphatic rings. The fraction of sp³-hybridized carbons (Fsp3) is 0.167. The van der Waals surface area contributed by atoms with E-state index in [1.54, 1.807) is 0 Å². The van der Waals surface area contributed by atoms with Crippen molar-refractivity contribution < 1.29 is 0 Å². The highest BCUT2D eigenvalue weighted by Gasteiger charge is 2.06. The van der Waals surface area contributed by atoms with E-state index in [9.17, 15) is 0 Å². The average Bonchev–Trinajstić information content (AvgIpc) is 2.26. The van der Waals surface area contributed by atoms with Gasteiger partial charge in [0.1, 0.15) is 5.82 Å². The van der Waals surface area contributed by atoms with Crippen molar-refractivity contribution in [1.82, 2.24) is 10.2 Å². The first kappa shape index (κ1) is 11.1. The molecule has 1 heterocycles. The lowest BCUT2D eigenvalue weighted by molar-refractivity contribution is 1.03. The number of nitrogens with zero attached hydrogens (tertiary/aromatic N) is 2. The Morgan fingerprint density at radius 3 is 2.50 bits per heavy atom. The van der Waals surface area contributed by atoms with Crippen LogP contribution in [0.1, 0.15) is 11.1 Å². The molecule has 0 saturated carbocycles. The van der Waals surface area contributed by atoms with Crippen LogP contribution in [0.15, 0.2) is 28.7 Å². The summed E-state index contributed by atoms with van der Waals surface area (Å²) < 4.78 is 1.03. The van der Waals surface area contributed by atoms with Crippen LogP contribution in [0.3, 0.4) is 0 Å². The lowest BCUT2D eigenvalue weighted by Gasteiger charge is -2.06. The first-order valence-corrected chi connectivity index (χ1v) is 5.73. The SMILES string of the molecule is Cc1ccc(Br)cc1-c1cc(C)c(N)nn1. The van der Waals surface area contributed by atoms with E-state index in [0.717, 1.165) is 21.3 Å². The summed E-state index contributed by atoms with van der Waals surface area (Å²) >= 11 is 3.45. The molecule has 0 unspecified atom stereocenters. The third-order valence-corrected chi connectivity index (χ3v) is 2.99. The van der Waals surface area contributed by atoms with Crippen LogP contribution in [0.4, 0.5) is 5.82 Å². The second-order valence-electron chi connectivity index (χ2n) is 3.76. The van der Waals surface area contributed by atoms with Crippen molar-refractivity contribution in [1.29, 1.82) is 0 Å². The number of rotatable bonds is 1. The summed E-state index contributed by atoms with van der Waals surface area (Å²) in [5.74, 6) is 0.483. The molecule has 4 heteroatoms. The molecule has 1 aromatic carbocycles. The number of aromatic nitrogens is 2. The molecular weight excluding hydrogens is 266 g/mol. The van der Waals surface area contributed by atoms with E-state index in [0.29, 0.717) is 5.82 Å². The van der Waals surface area contributed by atoms with Gasteiger partial charge in [-0.05, 0) is 43.2 Å². The second-order valence-corrected chi connectivity index (χ2v) is 4.67. The Morgan fingerprint density at radius 1 is 1.06 bits per heavy atom. The van der Waals surface area contributed by atoms with Crippen molar-refractivity contribution in [2.45, 2.75) is 13.8 Å². The highest BCUT2D eigenvalue weighted by Crippen LogP contribution is 2.26. The molecule has 16 heavy (non-hydrogen) atoms. The quantitative estimate of drug-likeness (QED) is 0.872. The number of anilines is 1. The molecule has 0 fully saturated rings. The van der Waals surface area contributed by atoms with Gasteiger partial charge in [-0.3, -0.25) is 0 Å². The fourth-order valence-electron chi connectivity index (χ4n) is 1.50. The predicted octanol–water partition coefficient (Wildman–Crippen LogP) is 3.11. The average molecular weight is 278 g/mol. The van der Waals surface area contributed by atoms with Gasteiger partial charge >= 0.3 is 0 Å². The van der Waals surface area contributed by atoms with Crippen LogP contribution in [-0.4, -0.2) is 10.2 Å². The maximum atomic E-state index is 5.65. The predicted molar refractivity (Wildman–Crippen MR) is 69.1 cm³/mol. The highest BCUT2D eigenvalue weighted by atomic mass is 79.9. The standard InChI is InChI=1S/C12H12BrN3/c1-7-3-4-9(13)6-10(7)11-5-8(2)12(14)16-15-11/h3-6H,1-2H3,(H2,14,16). The Labute approximate surface area is 103 Å². The van der Waals surface area contributed by atoms with Gasteiger partial charge in [0.2, 0.25) is 0 Å². The lowest BCUT2D eigenvalue weighted by Crippen LogP contribution is -1.98. The molecular formula is C12H12BrN3. The number of nitrogens with two attached hydrogens (primary N) is 1. The smallest absolute Gasteiger partial charge is 0.149 e. The Bertz CT molecular complexity index is 538. The largest absolute Gasteiger partial charge is 0.382 e. The fourth-order valence-corrected chi connectivity index (χ4v) is 1.86. The van der Waals surface area contributed by atoms with E-state index in [2.05, 4.69) is 33.1 Å². The molecule has 0 bridgehead atoms. The number of halogens is 1. The van der Waals surface area contributed by atoms with Crippen LogP contribution in [0.2, 0.25) is 0 Å². The third kappa shape index (κ3) is 2.07. The third-order valence-electron chi connectivity index (χ3n) is 2.50. The first-order valence-electron chi connectivity index (χ1n) is 4.94. The summed E-state index contributed by atoms with van der Waals surface area (Å²) in [6.45, 7) is 3.98. The molecule has 0 spiro atoms. The molecule has 0 radical (unpaired) electrons. The number of aryl methyl sites for hydroxylation is 2. The van der Waals surface area contributed by atoms with Crippen LogP contribution < -0.4 is 5.73 Å². The minimum atomic E-state index is 0.483. The van der Waals surface area contributed by atoms with Crippen molar-refractivity contribution in [3.8, 4) is 11.3 Å². The molecule has 0 saturated heterocycles. The summed E-state index contributed by atoms with van der Waals surface area (Å²) in [4.78, 5) is 0. The second kappa shape index (κ2) is 4.22. The Hall–Kier alpha value is -1.42.